The topological polar surface area (TPSA) is 80.3 Å². The maximum absolute atomic E-state index is 11.8. The van der Waals surface area contributed by atoms with E-state index < -0.39 is 12.4 Å². The largest absolute Gasteiger partial charge is 0.445 e. The second kappa shape index (κ2) is 14.8. The van der Waals surface area contributed by atoms with Crippen LogP contribution in [0.2, 0.25) is 0 Å². The molecule has 1 aliphatic heterocycles. The summed E-state index contributed by atoms with van der Waals surface area (Å²) >= 11 is 0. The molecule has 0 aliphatic carbocycles. The molecular weight excluding hydrogens is 516 g/mol. The Labute approximate surface area is 243 Å². The standard InChI is InChI=1S/C34H40N2O5/c1-5-18-36(4)22-31-24(3)32(28-12-10-25(23-37)11-13-28)41-33(40-31)29-16-14-27(15-17-29)30-9-7-8-26(20-30)21-35-34(38)39-19-6-2/h5-17,20,24,31-33,37H,1-2,18-19,21-23H2,3-4H3,(H,35,38). The molecule has 7 heteroatoms. The van der Waals surface area contributed by atoms with Crippen molar-refractivity contribution in [3.8, 4) is 11.1 Å². The van der Waals surface area contributed by atoms with Crippen LogP contribution in [-0.2, 0) is 27.4 Å². The molecule has 4 atom stereocenters. The summed E-state index contributed by atoms with van der Waals surface area (Å²) < 4.78 is 18.1. The fourth-order valence-electron chi connectivity index (χ4n) is 4.98. The van der Waals surface area contributed by atoms with Gasteiger partial charge in [-0.1, -0.05) is 92.4 Å². The molecule has 0 saturated carbocycles. The fraction of sp³-hybridized carbons (Fsp3) is 0.324. The molecule has 4 unspecified atom stereocenters. The third-order valence-electron chi connectivity index (χ3n) is 7.27. The van der Waals surface area contributed by atoms with Gasteiger partial charge in [-0.05, 0) is 40.9 Å². The van der Waals surface area contributed by atoms with E-state index in [1.807, 2.05) is 60.7 Å². The lowest BCUT2D eigenvalue weighted by Crippen LogP contribution is -2.43. The monoisotopic (exact) mass is 556 g/mol. The minimum Gasteiger partial charge on any atom is -0.445 e. The number of rotatable bonds is 12. The van der Waals surface area contributed by atoms with Gasteiger partial charge in [0.15, 0.2) is 6.29 Å². The second-order valence-corrected chi connectivity index (χ2v) is 10.4. The smallest absolute Gasteiger partial charge is 0.407 e. The summed E-state index contributed by atoms with van der Waals surface area (Å²) in [4.78, 5) is 14.0. The van der Waals surface area contributed by atoms with Crippen LogP contribution in [-0.4, -0.2) is 48.9 Å². The van der Waals surface area contributed by atoms with Gasteiger partial charge in [0.05, 0.1) is 18.8 Å². The van der Waals surface area contributed by atoms with Gasteiger partial charge in [-0.2, -0.15) is 0 Å². The zero-order valence-electron chi connectivity index (χ0n) is 23.9. The molecule has 7 nitrogen and oxygen atoms in total. The van der Waals surface area contributed by atoms with Crippen molar-refractivity contribution in [1.29, 1.82) is 0 Å². The highest BCUT2D eigenvalue weighted by molar-refractivity contribution is 5.68. The Kier molecular flexibility index (Phi) is 10.9. The van der Waals surface area contributed by atoms with Crippen LogP contribution in [0, 0.1) is 5.92 Å². The number of benzene rings is 3. The van der Waals surface area contributed by atoms with Crippen LogP contribution in [0.5, 0.6) is 0 Å². The summed E-state index contributed by atoms with van der Waals surface area (Å²) in [6.45, 7) is 11.6. The molecule has 1 aliphatic rings. The lowest BCUT2D eigenvalue weighted by atomic mass is 9.90. The molecule has 0 radical (unpaired) electrons. The predicted octanol–water partition coefficient (Wildman–Crippen LogP) is 6.17. The van der Waals surface area contributed by atoms with E-state index in [9.17, 15) is 9.90 Å². The number of hydrogen-bond donors (Lipinski definition) is 2. The van der Waals surface area contributed by atoms with Crippen LogP contribution < -0.4 is 5.32 Å². The van der Waals surface area contributed by atoms with Gasteiger partial charge in [-0.25, -0.2) is 4.79 Å². The van der Waals surface area contributed by atoms with E-state index in [4.69, 9.17) is 14.2 Å². The molecule has 0 aromatic heterocycles. The number of amides is 1. The first-order valence-electron chi connectivity index (χ1n) is 13.9. The van der Waals surface area contributed by atoms with Crippen LogP contribution in [0.25, 0.3) is 11.1 Å². The van der Waals surface area contributed by atoms with Gasteiger partial charge in [0.2, 0.25) is 0 Å². The van der Waals surface area contributed by atoms with Crippen molar-refractivity contribution < 1.29 is 24.1 Å². The van der Waals surface area contributed by atoms with Crippen molar-refractivity contribution in [1.82, 2.24) is 10.2 Å². The molecule has 41 heavy (non-hydrogen) atoms. The van der Waals surface area contributed by atoms with Gasteiger partial charge in [-0.15, -0.1) is 6.58 Å². The highest BCUT2D eigenvalue weighted by Gasteiger charge is 2.38. The van der Waals surface area contributed by atoms with E-state index in [0.29, 0.717) is 6.54 Å². The second-order valence-electron chi connectivity index (χ2n) is 10.4. The molecule has 0 bridgehead atoms. The SMILES string of the molecule is C=CCOC(=O)NCc1cccc(-c2ccc(C3OC(CN(C)CC=C)C(C)C(c4ccc(CO)cc4)O3)cc2)c1. The minimum atomic E-state index is -0.526. The van der Waals surface area contributed by atoms with Gasteiger partial charge in [0.1, 0.15) is 6.61 Å². The van der Waals surface area contributed by atoms with Crippen LogP contribution in [0.4, 0.5) is 4.79 Å². The normalized spacial score (nSPS) is 20.4. The first-order chi connectivity index (χ1) is 19.9. The first-order valence-corrected chi connectivity index (χ1v) is 13.9. The molecule has 3 aromatic carbocycles. The summed E-state index contributed by atoms with van der Waals surface area (Å²) in [6, 6.07) is 24.2. The van der Waals surface area contributed by atoms with Crippen LogP contribution >= 0.6 is 0 Å². The molecule has 1 amide bonds. The molecule has 0 spiro atoms. The third-order valence-corrected chi connectivity index (χ3v) is 7.27. The van der Waals surface area contributed by atoms with E-state index in [-0.39, 0.29) is 31.3 Å². The number of aliphatic hydroxyl groups excluding tert-OH is 1. The number of carbonyl (C=O) groups excluding carboxylic acids is 1. The molecule has 216 valence electrons. The number of likely N-dealkylation sites (N-methyl/N-ethyl adjacent to an activating group) is 1. The van der Waals surface area contributed by atoms with E-state index in [1.165, 1.54) is 6.08 Å². The number of hydrogen-bond acceptors (Lipinski definition) is 6. The average Bonchev–Trinajstić information content (AvgIpc) is 3.00. The van der Waals surface area contributed by atoms with Crippen LogP contribution in [0.1, 0.15) is 41.6 Å². The summed E-state index contributed by atoms with van der Waals surface area (Å²) in [5.74, 6) is 0.114. The minimum absolute atomic E-state index is 0.0100. The van der Waals surface area contributed by atoms with Gasteiger partial charge in [-0.3, -0.25) is 0 Å². The predicted molar refractivity (Wildman–Crippen MR) is 161 cm³/mol. The summed E-state index contributed by atoms with van der Waals surface area (Å²) in [7, 11) is 2.07. The number of ether oxygens (including phenoxy) is 3. The summed E-state index contributed by atoms with van der Waals surface area (Å²) in [5.41, 5.74) is 5.94. The Morgan fingerprint density at radius 1 is 0.976 bits per heavy atom. The van der Waals surface area contributed by atoms with Crippen molar-refractivity contribution in [2.24, 2.45) is 5.92 Å². The molecule has 4 rings (SSSR count). The number of nitrogens with zero attached hydrogens (tertiary/aromatic N) is 1. The van der Waals surface area contributed by atoms with Gasteiger partial charge in [0, 0.05) is 31.1 Å². The average molecular weight is 557 g/mol. The lowest BCUT2D eigenvalue weighted by molar-refractivity contribution is -0.275. The van der Waals surface area contributed by atoms with Crippen molar-refractivity contribution in [2.45, 2.75) is 38.6 Å². The Bertz CT molecular complexity index is 1290. The maximum atomic E-state index is 11.8. The Morgan fingerprint density at radius 3 is 2.39 bits per heavy atom. The third kappa shape index (κ3) is 8.15. The Hall–Kier alpha value is -3.75. The number of nitrogens with one attached hydrogen (secondary N) is 1. The molecule has 2 N–H and O–H groups in total. The maximum Gasteiger partial charge on any atom is 0.407 e. The zero-order chi connectivity index (χ0) is 29.2. The van der Waals surface area contributed by atoms with Gasteiger partial charge < -0.3 is 29.5 Å². The zero-order valence-corrected chi connectivity index (χ0v) is 23.9. The lowest BCUT2D eigenvalue weighted by Gasteiger charge is -2.42. The Morgan fingerprint density at radius 2 is 1.71 bits per heavy atom. The molecular formula is C34H40N2O5. The van der Waals surface area contributed by atoms with E-state index >= 15 is 0 Å². The summed E-state index contributed by atoms with van der Waals surface area (Å²) in [6.07, 6.45) is 2.21. The van der Waals surface area contributed by atoms with Gasteiger partial charge >= 0.3 is 6.09 Å². The van der Waals surface area contributed by atoms with E-state index in [1.54, 1.807) is 0 Å². The number of alkyl carbamates (subject to hydrolysis) is 1. The number of aliphatic hydroxyl groups is 1. The highest BCUT2D eigenvalue weighted by Crippen LogP contribution is 2.42. The summed E-state index contributed by atoms with van der Waals surface area (Å²) in [5, 5.41) is 12.2. The van der Waals surface area contributed by atoms with Crippen molar-refractivity contribution >= 4 is 6.09 Å². The van der Waals surface area contributed by atoms with Crippen LogP contribution in [0.3, 0.4) is 0 Å². The van der Waals surface area contributed by atoms with Crippen molar-refractivity contribution in [3.05, 3.63) is 120 Å². The first kappa shape index (κ1) is 30.2. The van der Waals surface area contributed by atoms with E-state index in [0.717, 1.165) is 46.5 Å². The van der Waals surface area contributed by atoms with Crippen molar-refractivity contribution in [3.63, 3.8) is 0 Å². The Balaban J connectivity index is 1.51. The molecule has 3 aromatic rings. The molecule has 1 saturated heterocycles. The molecule has 1 fully saturated rings. The van der Waals surface area contributed by atoms with Gasteiger partial charge in [0.25, 0.3) is 0 Å². The van der Waals surface area contributed by atoms with Crippen LogP contribution in [0.15, 0.2) is 98.1 Å². The van der Waals surface area contributed by atoms with Crippen molar-refractivity contribution in [2.75, 3.05) is 26.7 Å². The number of carbonyl (C=O) groups is 1. The molecule has 1 heterocycles. The van der Waals surface area contributed by atoms with E-state index in [2.05, 4.69) is 55.5 Å². The fourth-order valence-corrected chi connectivity index (χ4v) is 4.98. The highest BCUT2D eigenvalue weighted by atomic mass is 16.7. The quantitative estimate of drug-likeness (QED) is 0.260.